The summed E-state index contributed by atoms with van der Waals surface area (Å²) >= 11 is 12.1. The number of methoxy groups -OCH3 is 2. The van der Waals surface area contributed by atoms with E-state index in [0.29, 0.717) is 38.4 Å². The van der Waals surface area contributed by atoms with Gasteiger partial charge in [-0.05, 0) is 36.4 Å². The Morgan fingerprint density at radius 1 is 1.00 bits per heavy atom. The van der Waals surface area contributed by atoms with Crippen molar-refractivity contribution < 1.29 is 19.0 Å². The molecule has 0 unspecified atom stereocenters. The Kier molecular flexibility index (Phi) is 7.76. The molecule has 0 aliphatic carbocycles. The minimum absolute atomic E-state index is 0.261. The highest BCUT2D eigenvalue weighted by Gasteiger charge is 2.10. The number of carbonyl (C=O) groups excluding carboxylic acids is 1. The normalized spacial score (nSPS) is 10.7. The molecule has 3 rings (SSSR count). The number of rotatable bonds is 8. The van der Waals surface area contributed by atoms with Crippen molar-refractivity contribution in [1.29, 1.82) is 0 Å². The number of ether oxygens (including phenoxy) is 3. The molecule has 0 saturated heterocycles. The number of hydrogen-bond acceptors (Lipinski definition) is 5. The molecule has 0 aliphatic rings. The van der Waals surface area contributed by atoms with Gasteiger partial charge in [0.05, 0.1) is 20.4 Å². The van der Waals surface area contributed by atoms with Crippen LogP contribution in [0.5, 0.6) is 17.2 Å². The van der Waals surface area contributed by atoms with Crippen LogP contribution in [0.25, 0.3) is 0 Å². The molecule has 0 radical (unpaired) electrons. The first-order valence-corrected chi connectivity index (χ1v) is 9.98. The van der Waals surface area contributed by atoms with Crippen LogP contribution < -0.4 is 19.6 Å². The van der Waals surface area contributed by atoms with Crippen molar-refractivity contribution in [2.45, 2.75) is 6.61 Å². The zero-order valence-corrected chi connectivity index (χ0v) is 18.4. The molecule has 0 aromatic heterocycles. The highest BCUT2D eigenvalue weighted by molar-refractivity contribution is 6.35. The van der Waals surface area contributed by atoms with E-state index in [0.717, 1.165) is 5.56 Å². The first-order valence-electron chi connectivity index (χ1n) is 9.22. The lowest BCUT2D eigenvalue weighted by molar-refractivity contribution is 0.0954. The monoisotopic (exact) mass is 458 g/mol. The Hall–Kier alpha value is -3.22. The van der Waals surface area contributed by atoms with Crippen molar-refractivity contribution in [1.82, 2.24) is 5.43 Å². The second kappa shape index (κ2) is 10.7. The van der Waals surface area contributed by atoms with Crippen molar-refractivity contribution in [3.8, 4) is 17.2 Å². The summed E-state index contributed by atoms with van der Waals surface area (Å²) in [6.07, 6.45) is 1.51. The average Bonchev–Trinajstić information content (AvgIpc) is 2.78. The lowest BCUT2D eigenvalue weighted by atomic mass is 10.2. The molecular weight excluding hydrogens is 439 g/mol. The maximum atomic E-state index is 12.4. The predicted molar refractivity (Wildman–Crippen MR) is 122 cm³/mol. The standard InChI is InChI=1S/C23H20Cl2N2O4/c1-29-19-9-17(10-20(12-19)30-2)23(28)27-26-13-15-5-3-4-6-22(15)31-14-16-7-8-18(24)11-21(16)25/h3-13H,14H2,1-2H3,(H,27,28). The maximum Gasteiger partial charge on any atom is 0.271 e. The fraction of sp³-hybridized carbons (Fsp3) is 0.130. The molecular formula is C23H20Cl2N2O4. The van der Waals surface area contributed by atoms with Gasteiger partial charge in [-0.15, -0.1) is 0 Å². The van der Waals surface area contributed by atoms with Gasteiger partial charge in [-0.3, -0.25) is 4.79 Å². The maximum absolute atomic E-state index is 12.4. The lowest BCUT2D eigenvalue weighted by Gasteiger charge is -2.10. The molecule has 0 aliphatic heterocycles. The molecule has 31 heavy (non-hydrogen) atoms. The molecule has 1 N–H and O–H groups in total. The Morgan fingerprint density at radius 2 is 1.71 bits per heavy atom. The first-order chi connectivity index (χ1) is 15.0. The summed E-state index contributed by atoms with van der Waals surface area (Å²) < 4.78 is 16.2. The highest BCUT2D eigenvalue weighted by atomic mass is 35.5. The van der Waals surface area contributed by atoms with Crippen molar-refractivity contribution >= 4 is 35.3 Å². The number of nitrogens with zero attached hydrogens (tertiary/aromatic N) is 1. The van der Waals surface area contributed by atoms with Crippen molar-refractivity contribution in [3.05, 3.63) is 87.4 Å². The number of nitrogens with one attached hydrogen (secondary N) is 1. The first kappa shape index (κ1) is 22.5. The van der Waals surface area contributed by atoms with Gasteiger partial charge >= 0.3 is 0 Å². The van der Waals surface area contributed by atoms with Crippen molar-refractivity contribution in [2.24, 2.45) is 5.10 Å². The number of amides is 1. The van der Waals surface area contributed by atoms with Crippen molar-refractivity contribution in [3.63, 3.8) is 0 Å². The summed E-state index contributed by atoms with van der Waals surface area (Å²) in [5.41, 5.74) is 4.35. The average molecular weight is 459 g/mol. The van der Waals surface area contributed by atoms with Gasteiger partial charge in [0, 0.05) is 32.8 Å². The fourth-order valence-electron chi connectivity index (χ4n) is 2.68. The van der Waals surface area contributed by atoms with Crippen LogP contribution in [-0.2, 0) is 6.61 Å². The Morgan fingerprint density at radius 3 is 2.39 bits per heavy atom. The fourth-order valence-corrected chi connectivity index (χ4v) is 3.14. The van der Waals surface area contributed by atoms with E-state index in [4.69, 9.17) is 37.4 Å². The molecule has 0 bridgehead atoms. The van der Waals surface area contributed by atoms with E-state index in [1.54, 1.807) is 36.4 Å². The van der Waals surface area contributed by atoms with Crippen LogP contribution in [-0.4, -0.2) is 26.3 Å². The third kappa shape index (κ3) is 6.13. The molecule has 1 amide bonds. The Bertz CT molecular complexity index is 1080. The molecule has 8 heteroatoms. The molecule has 0 saturated carbocycles. The van der Waals surface area contributed by atoms with Gasteiger partial charge in [-0.1, -0.05) is 41.4 Å². The van der Waals surface area contributed by atoms with Gasteiger partial charge in [0.2, 0.25) is 0 Å². The van der Waals surface area contributed by atoms with Crippen LogP contribution in [0.15, 0.2) is 65.8 Å². The van der Waals surface area contributed by atoms with Gasteiger partial charge < -0.3 is 14.2 Å². The topological polar surface area (TPSA) is 69.2 Å². The van der Waals surface area contributed by atoms with Gasteiger partial charge in [0.1, 0.15) is 23.9 Å². The number of halogens is 2. The number of carbonyl (C=O) groups is 1. The molecule has 3 aromatic rings. The summed E-state index contributed by atoms with van der Waals surface area (Å²) in [4.78, 5) is 12.4. The summed E-state index contributed by atoms with van der Waals surface area (Å²) in [5, 5.41) is 5.13. The van der Waals surface area contributed by atoms with E-state index in [1.807, 2.05) is 24.3 Å². The number of hydrazone groups is 1. The summed E-state index contributed by atoms with van der Waals surface area (Å²) in [5.74, 6) is 1.20. The summed E-state index contributed by atoms with van der Waals surface area (Å²) in [6, 6.07) is 17.4. The Labute approximate surface area is 190 Å². The second-order valence-electron chi connectivity index (χ2n) is 6.36. The van der Waals surface area contributed by atoms with Gasteiger partial charge in [-0.25, -0.2) is 5.43 Å². The molecule has 0 fully saturated rings. The minimum Gasteiger partial charge on any atom is -0.497 e. The molecule has 0 atom stereocenters. The van der Waals surface area contributed by atoms with Gasteiger partial charge in [-0.2, -0.15) is 5.10 Å². The van der Waals surface area contributed by atoms with Gasteiger partial charge in [0.15, 0.2) is 0 Å². The smallest absolute Gasteiger partial charge is 0.271 e. The van der Waals surface area contributed by atoms with Crippen LogP contribution in [0.1, 0.15) is 21.5 Å². The number of benzene rings is 3. The SMILES string of the molecule is COc1cc(OC)cc(C(=O)NN=Cc2ccccc2OCc2ccc(Cl)cc2Cl)c1. The zero-order chi connectivity index (χ0) is 22.2. The summed E-state index contributed by atoms with van der Waals surface area (Å²) in [6.45, 7) is 0.261. The van der Waals surface area contributed by atoms with Gasteiger partial charge in [0.25, 0.3) is 5.91 Å². The number of hydrogen-bond donors (Lipinski definition) is 1. The van der Waals surface area contributed by atoms with E-state index in [9.17, 15) is 4.79 Å². The largest absolute Gasteiger partial charge is 0.497 e. The third-order valence-electron chi connectivity index (χ3n) is 4.30. The highest BCUT2D eigenvalue weighted by Crippen LogP contribution is 2.24. The van der Waals surface area contributed by atoms with Crippen LogP contribution in [0.2, 0.25) is 10.0 Å². The predicted octanol–water partition coefficient (Wildman–Crippen LogP) is 5.35. The molecule has 3 aromatic carbocycles. The zero-order valence-electron chi connectivity index (χ0n) is 16.9. The molecule has 160 valence electrons. The van der Waals surface area contributed by atoms with E-state index in [2.05, 4.69) is 10.5 Å². The van der Waals surface area contributed by atoms with Crippen LogP contribution in [0.3, 0.4) is 0 Å². The van der Waals surface area contributed by atoms with Crippen LogP contribution in [0.4, 0.5) is 0 Å². The third-order valence-corrected chi connectivity index (χ3v) is 4.89. The van der Waals surface area contributed by atoms with E-state index >= 15 is 0 Å². The molecule has 0 spiro atoms. The molecule has 0 heterocycles. The summed E-state index contributed by atoms with van der Waals surface area (Å²) in [7, 11) is 3.03. The number of para-hydroxylation sites is 1. The molecule has 6 nitrogen and oxygen atoms in total. The minimum atomic E-state index is -0.403. The van der Waals surface area contributed by atoms with Crippen LogP contribution in [0, 0.1) is 0 Å². The van der Waals surface area contributed by atoms with Crippen LogP contribution >= 0.6 is 23.2 Å². The van der Waals surface area contributed by atoms with E-state index in [1.165, 1.54) is 20.4 Å². The lowest BCUT2D eigenvalue weighted by Crippen LogP contribution is -2.17. The quantitative estimate of drug-likeness (QED) is 0.364. The van der Waals surface area contributed by atoms with E-state index < -0.39 is 5.91 Å². The Balaban J connectivity index is 1.68. The second-order valence-corrected chi connectivity index (χ2v) is 7.21. The van der Waals surface area contributed by atoms with Crippen molar-refractivity contribution in [2.75, 3.05) is 14.2 Å². The van der Waals surface area contributed by atoms with E-state index in [-0.39, 0.29) is 6.61 Å².